The lowest BCUT2D eigenvalue weighted by Crippen LogP contribution is -2.26. The Morgan fingerprint density at radius 1 is 0.857 bits per heavy atom. The van der Waals surface area contributed by atoms with E-state index >= 15 is 0 Å². The van der Waals surface area contributed by atoms with Crippen molar-refractivity contribution < 1.29 is 28.3 Å². The first-order chi connectivity index (χ1) is 17.0. The van der Waals surface area contributed by atoms with E-state index in [0.29, 0.717) is 28.3 Å². The number of amides is 1. The molecule has 4 rings (SSSR count). The zero-order chi connectivity index (χ0) is 24.6. The van der Waals surface area contributed by atoms with E-state index in [9.17, 15) is 14.4 Å². The molecule has 176 valence electrons. The Morgan fingerprint density at radius 3 is 2.29 bits per heavy atom. The van der Waals surface area contributed by atoms with Gasteiger partial charge in [0.05, 0.1) is 0 Å². The maximum Gasteiger partial charge on any atom is 0.375 e. The van der Waals surface area contributed by atoms with E-state index in [1.54, 1.807) is 60.7 Å². The normalized spacial score (nSPS) is 11.3. The number of hydrogen-bond acceptors (Lipinski definition) is 6. The third-order valence-corrected chi connectivity index (χ3v) is 5.09. The molecule has 0 aliphatic rings. The predicted molar refractivity (Wildman–Crippen MR) is 129 cm³/mol. The third-order valence-electron chi connectivity index (χ3n) is 5.09. The van der Waals surface area contributed by atoms with Gasteiger partial charge in [-0.1, -0.05) is 60.7 Å². The van der Waals surface area contributed by atoms with Crippen molar-refractivity contribution in [2.75, 3.05) is 5.32 Å². The molecule has 1 aromatic heterocycles. The van der Waals surface area contributed by atoms with Gasteiger partial charge in [0.2, 0.25) is 11.9 Å². The van der Waals surface area contributed by atoms with Gasteiger partial charge in [-0.15, -0.1) is 0 Å². The second-order valence-corrected chi connectivity index (χ2v) is 7.69. The maximum atomic E-state index is 13.1. The molecule has 1 unspecified atom stereocenters. The standard InChI is InChI=1S/C28H23NO6/c1-19(30)21-11-8-12-22(17-21)29-27(31)26(20-9-4-2-5-10-20)35-28(32)25-16-15-24(34-25)18-33-23-13-6-3-7-14-23/h2-17,26H,18H2,1H3,(H,29,31). The van der Waals surface area contributed by atoms with Crippen LogP contribution in [0.2, 0.25) is 0 Å². The highest BCUT2D eigenvalue weighted by Crippen LogP contribution is 2.23. The van der Waals surface area contributed by atoms with E-state index in [2.05, 4.69) is 5.32 Å². The summed E-state index contributed by atoms with van der Waals surface area (Å²) in [6, 6.07) is 27.5. The number of ketones is 1. The molecule has 1 N–H and O–H groups in total. The number of carbonyl (C=O) groups excluding carboxylic acids is 3. The number of rotatable bonds is 9. The highest BCUT2D eigenvalue weighted by Gasteiger charge is 2.27. The first kappa shape index (κ1) is 23.5. The monoisotopic (exact) mass is 469 g/mol. The Balaban J connectivity index is 1.47. The van der Waals surface area contributed by atoms with Crippen molar-refractivity contribution >= 4 is 23.3 Å². The van der Waals surface area contributed by atoms with Crippen molar-refractivity contribution in [1.82, 2.24) is 0 Å². The second kappa shape index (κ2) is 11.0. The van der Waals surface area contributed by atoms with Gasteiger partial charge in [0, 0.05) is 16.8 Å². The van der Waals surface area contributed by atoms with Gasteiger partial charge in [0.15, 0.2) is 5.78 Å². The lowest BCUT2D eigenvalue weighted by Gasteiger charge is -2.17. The molecule has 7 nitrogen and oxygen atoms in total. The number of ether oxygens (including phenoxy) is 2. The van der Waals surface area contributed by atoms with Crippen LogP contribution in [0.15, 0.2) is 101 Å². The number of furan rings is 1. The fourth-order valence-corrected chi connectivity index (χ4v) is 3.33. The molecule has 1 amide bonds. The van der Waals surface area contributed by atoms with Crippen LogP contribution in [-0.4, -0.2) is 17.7 Å². The van der Waals surface area contributed by atoms with Gasteiger partial charge in [-0.3, -0.25) is 9.59 Å². The molecule has 0 aliphatic carbocycles. The molecule has 0 saturated carbocycles. The van der Waals surface area contributed by atoms with Crippen LogP contribution in [0.4, 0.5) is 5.69 Å². The summed E-state index contributed by atoms with van der Waals surface area (Å²) in [4.78, 5) is 37.6. The van der Waals surface area contributed by atoms with Crippen molar-refractivity contribution in [3.63, 3.8) is 0 Å². The number of carbonyl (C=O) groups is 3. The summed E-state index contributed by atoms with van der Waals surface area (Å²) in [5, 5.41) is 2.72. The first-order valence-corrected chi connectivity index (χ1v) is 10.9. The average Bonchev–Trinajstić information content (AvgIpc) is 3.36. The molecule has 0 fully saturated rings. The fraction of sp³-hybridized carbons (Fsp3) is 0.107. The number of esters is 1. The van der Waals surface area contributed by atoms with Gasteiger partial charge in [0.25, 0.3) is 5.91 Å². The van der Waals surface area contributed by atoms with Gasteiger partial charge < -0.3 is 19.2 Å². The molecule has 1 heterocycles. The Kier molecular flexibility index (Phi) is 7.37. The van der Waals surface area contributed by atoms with E-state index in [1.165, 1.54) is 13.0 Å². The van der Waals surface area contributed by atoms with Crippen LogP contribution in [0.25, 0.3) is 0 Å². The largest absolute Gasteiger partial charge is 0.486 e. The Morgan fingerprint density at radius 2 is 1.57 bits per heavy atom. The van der Waals surface area contributed by atoms with Gasteiger partial charge in [-0.25, -0.2) is 4.79 Å². The van der Waals surface area contributed by atoms with Crippen LogP contribution in [-0.2, 0) is 16.1 Å². The van der Waals surface area contributed by atoms with Crippen molar-refractivity contribution in [1.29, 1.82) is 0 Å². The van der Waals surface area contributed by atoms with Crippen LogP contribution >= 0.6 is 0 Å². The molecule has 7 heteroatoms. The van der Waals surface area contributed by atoms with Crippen LogP contribution in [0.1, 0.15) is 45.3 Å². The summed E-state index contributed by atoms with van der Waals surface area (Å²) in [7, 11) is 0. The third kappa shape index (κ3) is 6.23. The minimum absolute atomic E-state index is 0.0519. The molecule has 0 saturated heterocycles. The quantitative estimate of drug-likeness (QED) is 0.253. The fourth-order valence-electron chi connectivity index (χ4n) is 3.33. The Bertz CT molecular complexity index is 1310. The molecule has 3 aromatic carbocycles. The summed E-state index contributed by atoms with van der Waals surface area (Å²) in [5.41, 5.74) is 1.36. The molecule has 4 aromatic rings. The summed E-state index contributed by atoms with van der Waals surface area (Å²) in [6.07, 6.45) is -1.24. The van der Waals surface area contributed by atoms with Gasteiger partial charge in [-0.2, -0.15) is 0 Å². The van der Waals surface area contributed by atoms with E-state index in [-0.39, 0.29) is 18.2 Å². The molecular weight excluding hydrogens is 446 g/mol. The summed E-state index contributed by atoms with van der Waals surface area (Å²) < 4.78 is 16.8. The highest BCUT2D eigenvalue weighted by molar-refractivity contribution is 5.99. The zero-order valence-corrected chi connectivity index (χ0v) is 19.0. The summed E-state index contributed by atoms with van der Waals surface area (Å²) >= 11 is 0. The maximum absolute atomic E-state index is 13.1. The predicted octanol–water partition coefficient (Wildman–Crippen LogP) is 5.60. The molecule has 0 spiro atoms. The van der Waals surface area contributed by atoms with Crippen LogP contribution in [0, 0.1) is 0 Å². The lowest BCUT2D eigenvalue weighted by atomic mass is 10.1. The van der Waals surface area contributed by atoms with Crippen LogP contribution in [0.3, 0.4) is 0 Å². The molecule has 0 aliphatic heterocycles. The average molecular weight is 469 g/mol. The molecular formula is C28H23NO6. The Hall–Kier alpha value is -4.65. The number of hydrogen-bond donors (Lipinski definition) is 1. The number of anilines is 1. The minimum Gasteiger partial charge on any atom is -0.486 e. The van der Waals surface area contributed by atoms with Crippen molar-refractivity contribution in [2.24, 2.45) is 0 Å². The molecule has 0 radical (unpaired) electrons. The Labute approximate surface area is 202 Å². The van der Waals surface area contributed by atoms with Gasteiger partial charge >= 0.3 is 5.97 Å². The van der Waals surface area contributed by atoms with E-state index in [1.807, 2.05) is 30.3 Å². The lowest BCUT2D eigenvalue weighted by molar-refractivity contribution is -0.125. The van der Waals surface area contributed by atoms with Crippen molar-refractivity contribution in [3.05, 3.63) is 120 Å². The van der Waals surface area contributed by atoms with E-state index in [0.717, 1.165) is 0 Å². The number of benzene rings is 3. The molecule has 1 atom stereocenters. The first-order valence-electron chi connectivity index (χ1n) is 10.9. The smallest absolute Gasteiger partial charge is 0.375 e. The summed E-state index contributed by atoms with van der Waals surface area (Å²) in [6.45, 7) is 1.57. The number of para-hydroxylation sites is 1. The van der Waals surface area contributed by atoms with Crippen molar-refractivity contribution in [3.8, 4) is 5.75 Å². The minimum atomic E-state index is -1.24. The van der Waals surface area contributed by atoms with Gasteiger partial charge in [0.1, 0.15) is 18.1 Å². The molecule has 35 heavy (non-hydrogen) atoms. The SMILES string of the molecule is CC(=O)c1cccc(NC(=O)C(OC(=O)c2ccc(COc3ccccc3)o2)c2ccccc2)c1. The summed E-state index contributed by atoms with van der Waals surface area (Å²) in [5.74, 6) is -0.437. The van der Waals surface area contributed by atoms with Crippen LogP contribution < -0.4 is 10.1 Å². The zero-order valence-electron chi connectivity index (χ0n) is 19.0. The highest BCUT2D eigenvalue weighted by atomic mass is 16.6. The van der Waals surface area contributed by atoms with Gasteiger partial charge in [-0.05, 0) is 43.3 Å². The van der Waals surface area contributed by atoms with Crippen LogP contribution in [0.5, 0.6) is 5.75 Å². The second-order valence-electron chi connectivity index (χ2n) is 7.69. The van der Waals surface area contributed by atoms with E-state index < -0.39 is 18.0 Å². The topological polar surface area (TPSA) is 94.8 Å². The van der Waals surface area contributed by atoms with E-state index in [4.69, 9.17) is 13.9 Å². The number of nitrogens with one attached hydrogen (secondary N) is 1. The number of Topliss-reactive ketones (excluding diaryl/α,β-unsaturated/α-hetero) is 1. The van der Waals surface area contributed by atoms with Crippen molar-refractivity contribution in [2.45, 2.75) is 19.6 Å². The molecule has 0 bridgehead atoms.